The van der Waals surface area contributed by atoms with Gasteiger partial charge in [-0.25, -0.2) is 4.79 Å². The molecule has 1 aliphatic rings. The van der Waals surface area contributed by atoms with Gasteiger partial charge in [0.05, 0.1) is 5.02 Å². The molecule has 126 valence electrons. The fourth-order valence-electron chi connectivity index (χ4n) is 2.62. The number of hydrogen-bond donors (Lipinski definition) is 1. The number of carbonyl (C=O) groups is 2. The second-order valence-electron chi connectivity index (χ2n) is 5.51. The van der Waals surface area contributed by atoms with Crippen LogP contribution < -0.4 is 4.74 Å². The summed E-state index contributed by atoms with van der Waals surface area (Å²) in [4.78, 5) is 24.8. The van der Waals surface area contributed by atoms with Crippen LogP contribution in [0.3, 0.4) is 0 Å². The Kier molecular flexibility index (Phi) is 4.76. The summed E-state index contributed by atoms with van der Waals surface area (Å²) in [6.45, 7) is 1.02. The molecule has 0 radical (unpaired) electrons. The number of halogens is 1. The number of nitrogens with zero attached hydrogens (tertiary/aromatic N) is 1. The van der Waals surface area contributed by atoms with Crippen LogP contribution in [-0.4, -0.2) is 41.1 Å². The van der Waals surface area contributed by atoms with Gasteiger partial charge in [0, 0.05) is 25.9 Å². The van der Waals surface area contributed by atoms with Crippen molar-refractivity contribution >= 4 is 23.5 Å². The summed E-state index contributed by atoms with van der Waals surface area (Å²) in [5.41, 5.74) is 0. The van der Waals surface area contributed by atoms with Crippen LogP contribution in [0, 0.1) is 0 Å². The maximum atomic E-state index is 12.3. The molecule has 0 spiro atoms. The van der Waals surface area contributed by atoms with E-state index in [2.05, 4.69) is 0 Å². The molecule has 24 heavy (non-hydrogen) atoms. The monoisotopic (exact) mass is 349 g/mol. The van der Waals surface area contributed by atoms with Gasteiger partial charge in [0.1, 0.15) is 11.9 Å². The number of likely N-dealkylation sites (tertiary alicyclic amines) is 1. The highest BCUT2D eigenvalue weighted by atomic mass is 35.5. The smallest absolute Gasteiger partial charge is 0.371 e. The lowest BCUT2D eigenvalue weighted by Gasteiger charge is -2.31. The van der Waals surface area contributed by atoms with E-state index in [-0.39, 0.29) is 23.5 Å². The summed E-state index contributed by atoms with van der Waals surface area (Å²) in [6, 6.07) is 9.95. The third-order valence-electron chi connectivity index (χ3n) is 3.89. The van der Waals surface area contributed by atoms with Crippen molar-refractivity contribution in [2.45, 2.75) is 18.9 Å². The molecule has 1 amide bonds. The molecule has 0 saturated carbocycles. The van der Waals surface area contributed by atoms with E-state index in [0.29, 0.717) is 36.7 Å². The highest BCUT2D eigenvalue weighted by Gasteiger charge is 2.27. The summed E-state index contributed by atoms with van der Waals surface area (Å²) in [7, 11) is 0. The van der Waals surface area contributed by atoms with Gasteiger partial charge < -0.3 is 19.2 Å². The molecule has 0 bridgehead atoms. The van der Waals surface area contributed by atoms with E-state index in [1.807, 2.05) is 18.2 Å². The molecule has 1 fully saturated rings. The largest absolute Gasteiger partial charge is 0.489 e. The number of carboxylic acids is 1. The predicted octanol–water partition coefficient (Wildman–Crippen LogP) is 3.31. The molecule has 6 nitrogen and oxygen atoms in total. The van der Waals surface area contributed by atoms with Crippen LogP contribution in [0.25, 0.3) is 0 Å². The molecule has 2 heterocycles. The summed E-state index contributed by atoms with van der Waals surface area (Å²) >= 11 is 6.08. The van der Waals surface area contributed by atoms with Crippen molar-refractivity contribution in [2.75, 3.05) is 13.1 Å². The van der Waals surface area contributed by atoms with Gasteiger partial charge in [-0.1, -0.05) is 23.7 Å². The maximum Gasteiger partial charge on any atom is 0.371 e. The van der Waals surface area contributed by atoms with Gasteiger partial charge in [0.2, 0.25) is 5.76 Å². The maximum absolute atomic E-state index is 12.3. The second kappa shape index (κ2) is 6.97. The third-order valence-corrected chi connectivity index (χ3v) is 4.20. The number of aromatic carboxylic acids is 1. The first-order chi connectivity index (χ1) is 11.5. The summed E-state index contributed by atoms with van der Waals surface area (Å²) in [5, 5.41) is 9.40. The molecule has 3 rings (SSSR count). The Morgan fingerprint density at radius 2 is 1.79 bits per heavy atom. The lowest BCUT2D eigenvalue weighted by atomic mass is 10.1. The van der Waals surface area contributed by atoms with Crippen molar-refractivity contribution in [1.29, 1.82) is 0 Å². The number of piperidine rings is 1. The van der Waals surface area contributed by atoms with E-state index in [1.165, 1.54) is 12.1 Å². The molecule has 1 aliphatic heterocycles. The SMILES string of the molecule is O=C(O)c1ccc(C(=O)N2CCC(Oc3ccccc3Cl)CC2)o1. The number of hydrogen-bond acceptors (Lipinski definition) is 4. The zero-order valence-electron chi connectivity index (χ0n) is 12.8. The average molecular weight is 350 g/mol. The van der Waals surface area contributed by atoms with E-state index < -0.39 is 5.97 Å². The number of carbonyl (C=O) groups excluding carboxylic acids is 1. The number of ether oxygens (including phenoxy) is 1. The zero-order chi connectivity index (χ0) is 17.1. The molecule has 7 heteroatoms. The zero-order valence-corrected chi connectivity index (χ0v) is 13.5. The first-order valence-corrected chi connectivity index (χ1v) is 7.96. The Balaban J connectivity index is 1.57. The number of furan rings is 1. The van der Waals surface area contributed by atoms with Gasteiger partial charge in [-0.2, -0.15) is 0 Å². The fraction of sp³-hybridized carbons (Fsp3) is 0.294. The molecule has 0 atom stereocenters. The normalized spacial score (nSPS) is 15.3. The van der Waals surface area contributed by atoms with Gasteiger partial charge in [0.15, 0.2) is 5.76 Å². The van der Waals surface area contributed by atoms with Crippen molar-refractivity contribution in [2.24, 2.45) is 0 Å². The number of amides is 1. The van der Waals surface area contributed by atoms with Gasteiger partial charge in [0.25, 0.3) is 5.91 Å². The molecule has 0 aliphatic carbocycles. The molecule has 0 unspecified atom stereocenters. The van der Waals surface area contributed by atoms with E-state index in [4.69, 9.17) is 25.9 Å². The minimum Gasteiger partial charge on any atom is -0.489 e. The lowest BCUT2D eigenvalue weighted by Crippen LogP contribution is -2.41. The third kappa shape index (κ3) is 3.54. The molecule has 1 aromatic heterocycles. The van der Waals surface area contributed by atoms with E-state index in [9.17, 15) is 9.59 Å². The van der Waals surface area contributed by atoms with E-state index in [1.54, 1.807) is 11.0 Å². The molecule has 1 N–H and O–H groups in total. The van der Waals surface area contributed by atoms with Crippen LogP contribution in [0.5, 0.6) is 5.75 Å². The summed E-state index contributed by atoms with van der Waals surface area (Å²) < 4.78 is 10.9. The topological polar surface area (TPSA) is 80.0 Å². The van der Waals surface area contributed by atoms with Crippen molar-refractivity contribution in [3.63, 3.8) is 0 Å². The molecular formula is C17H16ClNO5. The Labute approximate surface area is 143 Å². The average Bonchev–Trinajstić information content (AvgIpc) is 3.07. The Hall–Kier alpha value is -2.47. The van der Waals surface area contributed by atoms with Gasteiger partial charge >= 0.3 is 5.97 Å². The number of carboxylic acid groups (broad SMARTS) is 1. The van der Waals surface area contributed by atoms with Crippen LogP contribution in [0.2, 0.25) is 5.02 Å². The Bertz CT molecular complexity index is 749. The molecule has 1 saturated heterocycles. The van der Waals surface area contributed by atoms with Crippen LogP contribution in [0.4, 0.5) is 0 Å². The number of benzene rings is 1. The van der Waals surface area contributed by atoms with Crippen molar-refractivity contribution in [3.8, 4) is 5.75 Å². The minimum absolute atomic E-state index is 0.0138. The van der Waals surface area contributed by atoms with Crippen molar-refractivity contribution < 1.29 is 23.8 Å². The quantitative estimate of drug-likeness (QED) is 0.915. The fourth-order valence-corrected chi connectivity index (χ4v) is 2.80. The summed E-state index contributed by atoms with van der Waals surface area (Å²) in [5.74, 6) is -1.06. The summed E-state index contributed by atoms with van der Waals surface area (Å²) in [6.07, 6.45) is 1.33. The lowest BCUT2D eigenvalue weighted by molar-refractivity contribution is 0.0559. The van der Waals surface area contributed by atoms with Gasteiger partial charge in [-0.15, -0.1) is 0 Å². The minimum atomic E-state index is -1.19. The van der Waals surface area contributed by atoms with Crippen molar-refractivity contribution in [1.82, 2.24) is 4.90 Å². The number of para-hydroxylation sites is 1. The Morgan fingerprint density at radius 1 is 1.12 bits per heavy atom. The molecule has 1 aromatic carbocycles. The standard InChI is InChI=1S/C17H16ClNO5/c18-12-3-1-2-4-13(12)23-11-7-9-19(10-8-11)16(20)14-5-6-15(24-14)17(21)22/h1-6,11H,7-10H2,(H,21,22). The van der Waals surface area contributed by atoms with Crippen LogP contribution >= 0.6 is 11.6 Å². The van der Waals surface area contributed by atoms with Gasteiger partial charge in [-0.05, 0) is 24.3 Å². The first kappa shape index (κ1) is 16.4. The van der Waals surface area contributed by atoms with Crippen LogP contribution in [0.1, 0.15) is 34.0 Å². The van der Waals surface area contributed by atoms with Crippen LogP contribution in [-0.2, 0) is 0 Å². The number of rotatable bonds is 4. The van der Waals surface area contributed by atoms with Gasteiger partial charge in [-0.3, -0.25) is 4.79 Å². The van der Waals surface area contributed by atoms with E-state index >= 15 is 0 Å². The van der Waals surface area contributed by atoms with E-state index in [0.717, 1.165) is 0 Å². The predicted molar refractivity (Wildman–Crippen MR) is 86.7 cm³/mol. The highest BCUT2D eigenvalue weighted by Crippen LogP contribution is 2.27. The van der Waals surface area contributed by atoms with Crippen LogP contribution in [0.15, 0.2) is 40.8 Å². The highest BCUT2D eigenvalue weighted by molar-refractivity contribution is 6.32. The Morgan fingerprint density at radius 3 is 2.42 bits per heavy atom. The molecule has 2 aromatic rings. The second-order valence-corrected chi connectivity index (χ2v) is 5.92. The van der Waals surface area contributed by atoms with Crippen molar-refractivity contribution in [3.05, 3.63) is 52.9 Å². The first-order valence-electron chi connectivity index (χ1n) is 7.58. The molecular weight excluding hydrogens is 334 g/mol.